The first kappa shape index (κ1) is 23.5. The zero-order valence-corrected chi connectivity index (χ0v) is 16.9. The first-order valence-corrected chi connectivity index (χ1v) is 9.47. The third-order valence-corrected chi connectivity index (χ3v) is 5.05. The first-order valence-electron chi connectivity index (χ1n) is 9.47. The number of alkyl halides is 6. The van der Waals surface area contributed by atoms with Crippen molar-refractivity contribution in [1.82, 2.24) is 14.9 Å². The predicted octanol–water partition coefficient (Wildman–Crippen LogP) is 4.66. The summed E-state index contributed by atoms with van der Waals surface area (Å²) in [6.07, 6.45) is -7.64. The number of urea groups is 1. The number of halogens is 6. The second kappa shape index (κ2) is 8.40. The van der Waals surface area contributed by atoms with E-state index in [0.29, 0.717) is 6.07 Å². The van der Waals surface area contributed by atoms with Crippen LogP contribution in [-0.4, -0.2) is 45.8 Å². The molecule has 1 fully saturated rings. The molecule has 1 saturated heterocycles. The number of rotatable bonds is 5. The number of Topliss-reactive ketones (excluding diaryl/α,β-unsaturated/α-hetero) is 1. The van der Waals surface area contributed by atoms with Gasteiger partial charge < -0.3 is 4.90 Å². The highest BCUT2D eigenvalue weighted by atomic mass is 19.4. The molecule has 1 aliphatic rings. The van der Waals surface area contributed by atoms with Gasteiger partial charge in [0.2, 0.25) is 5.82 Å². The number of anilines is 1. The van der Waals surface area contributed by atoms with Crippen LogP contribution in [0.1, 0.15) is 35.6 Å². The van der Waals surface area contributed by atoms with E-state index >= 15 is 0 Å². The van der Waals surface area contributed by atoms with Crippen LogP contribution in [-0.2, 0) is 12.4 Å². The summed E-state index contributed by atoms with van der Waals surface area (Å²) in [6, 6.07) is 2.71. The fourth-order valence-electron chi connectivity index (χ4n) is 3.35. The van der Waals surface area contributed by atoms with E-state index in [0.717, 1.165) is 29.4 Å². The van der Waals surface area contributed by atoms with E-state index in [2.05, 4.69) is 9.97 Å². The number of benzene rings is 1. The minimum absolute atomic E-state index is 0.0164. The maximum Gasteiger partial charge on any atom is 0.451 e. The van der Waals surface area contributed by atoms with Crippen molar-refractivity contribution in [1.29, 1.82) is 0 Å². The SMILES string of the molecule is CC(C)[C@H]1CN(c2cnc(C(F)(F)F)nc2)C(=O)N1CC(=O)c1cccc(C(F)(F)F)c1. The van der Waals surface area contributed by atoms with Crippen molar-refractivity contribution < 1.29 is 35.9 Å². The lowest BCUT2D eigenvalue weighted by Gasteiger charge is -2.25. The van der Waals surface area contributed by atoms with Crippen LogP contribution in [0.4, 0.5) is 36.8 Å². The van der Waals surface area contributed by atoms with Crippen molar-refractivity contribution >= 4 is 17.5 Å². The van der Waals surface area contributed by atoms with E-state index in [-0.39, 0.29) is 23.7 Å². The largest absolute Gasteiger partial charge is 0.451 e. The van der Waals surface area contributed by atoms with Crippen LogP contribution in [0.2, 0.25) is 0 Å². The molecule has 3 rings (SSSR count). The van der Waals surface area contributed by atoms with Crippen molar-refractivity contribution in [3.63, 3.8) is 0 Å². The lowest BCUT2D eigenvalue weighted by molar-refractivity contribution is -0.145. The van der Waals surface area contributed by atoms with Gasteiger partial charge in [-0.2, -0.15) is 26.3 Å². The number of nitrogens with zero attached hydrogens (tertiary/aromatic N) is 4. The standard InChI is InChI=1S/C20H18F6N4O2/c1-11(2)15-9-29(14-7-27-17(28-8-14)20(24,25)26)18(32)30(15)10-16(31)12-4-3-5-13(6-12)19(21,22)23/h3-8,11,15H,9-10H2,1-2H3/t15-/m1/s1. The summed E-state index contributed by atoms with van der Waals surface area (Å²) in [5, 5.41) is 0. The molecule has 1 aromatic heterocycles. The van der Waals surface area contributed by atoms with Crippen molar-refractivity contribution in [2.24, 2.45) is 5.92 Å². The number of hydrogen-bond acceptors (Lipinski definition) is 4. The van der Waals surface area contributed by atoms with Crippen molar-refractivity contribution in [2.45, 2.75) is 32.2 Å². The number of hydrogen-bond donors (Lipinski definition) is 0. The quantitative estimate of drug-likeness (QED) is 0.481. The van der Waals surface area contributed by atoms with Crippen LogP contribution in [0.5, 0.6) is 0 Å². The number of carbonyl (C=O) groups excluding carboxylic acids is 2. The fourth-order valence-corrected chi connectivity index (χ4v) is 3.35. The van der Waals surface area contributed by atoms with Gasteiger partial charge in [0.05, 0.1) is 36.2 Å². The van der Waals surface area contributed by atoms with Gasteiger partial charge in [0.1, 0.15) is 0 Å². The maximum atomic E-state index is 12.9. The first-order chi connectivity index (χ1) is 14.8. The summed E-state index contributed by atoms with van der Waals surface area (Å²) < 4.78 is 76.9. The highest BCUT2D eigenvalue weighted by Crippen LogP contribution is 2.31. The maximum absolute atomic E-state index is 12.9. The summed E-state index contributed by atoms with van der Waals surface area (Å²) in [7, 11) is 0. The lowest BCUT2D eigenvalue weighted by atomic mass is 10.0. The van der Waals surface area contributed by atoms with E-state index in [1.807, 2.05) is 0 Å². The summed E-state index contributed by atoms with van der Waals surface area (Å²) in [6.45, 7) is 3.14. The zero-order chi connectivity index (χ0) is 23.8. The van der Waals surface area contributed by atoms with Gasteiger partial charge in [-0.1, -0.05) is 26.0 Å². The molecule has 0 bridgehead atoms. The Labute approximate surface area is 178 Å². The van der Waals surface area contributed by atoms with Gasteiger partial charge in [-0.25, -0.2) is 14.8 Å². The van der Waals surface area contributed by atoms with E-state index < -0.39 is 48.1 Å². The van der Waals surface area contributed by atoms with Crippen LogP contribution >= 0.6 is 0 Å². The summed E-state index contributed by atoms with van der Waals surface area (Å²) >= 11 is 0. The summed E-state index contributed by atoms with van der Waals surface area (Å²) in [4.78, 5) is 34.4. The third-order valence-electron chi connectivity index (χ3n) is 5.05. The average molecular weight is 460 g/mol. The minimum atomic E-state index is -4.74. The number of ketones is 1. The molecule has 0 unspecified atom stereocenters. The highest BCUT2D eigenvalue weighted by molar-refractivity contribution is 6.02. The van der Waals surface area contributed by atoms with Gasteiger partial charge in [-0.15, -0.1) is 0 Å². The Hall–Kier alpha value is -3.18. The molecular weight excluding hydrogens is 442 g/mol. The zero-order valence-electron chi connectivity index (χ0n) is 16.9. The van der Waals surface area contributed by atoms with Gasteiger partial charge in [-0.3, -0.25) is 9.69 Å². The van der Waals surface area contributed by atoms with E-state index in [4.69, 9.17) is 0 Å². The van der Waals surface area contributed by atoms with Crippen LogP contribution in [0, 0.1) is 5.92 Å². The molecule has 0 saturated carbocycles. The molecule has 0 radical (unpaired) electrons. The Balaban J connectivity index is 1.83. The Morgan fingerprint density at radius 3 is 2.25 bits per heavy atom. The number of aromatic nitrogens is 2. The van der Waals surface area contributed by atoms with E-state index in [1.54, 1.807) is 13.8 Å². The molecule has 2 heterocycles. The Bertz CT molecular complexity index is 1000. The van der Waals surface area contributed by atoms with Crippen LogP contribution in [0.3, 0.4) is 0 Å². The molecule has 12 heteroatoms. The molecule has 0 spiro atoms. The van der Waals surface area contributed by atoms with Gasteiger partial charge in [0, 0.05) is 12.1 Å². The normalized spacial score (nSPS) is 17.4. The Morgan fingerprint density at radius 2 is 1.72 bits per heavy atom. The van der Waals surface area contributed by atoms with E-state index in [1.165, 1.54) is 11.0 Å². The third kappa shape index (κ3) is 4.83. The highest BCUT2D eigenvalue weighted by Gasteiger charge is 2.41. The second-order valence-electron chi connectivity index (χ2n) is 7.60. The molecule has 1 atom stereocenters. The Morgan fingerprint density at radius 1 is 1.09 bits per heavy atom. The molecule has 172 valence electrons. The van der Waals surface area contributed by atoms with Crippen LogP contribution in [0.25, 0.3) is 0 Å². The van der Waals surface area contributed by atoms with Gasteiger partial charge in [0.25, 0.3) is 0 Å². The van der Waals surface area contributed by atoms with Crippen LogP contribution < -0.4 is 4.90 Å². The van der Waals surface area contributed by atoms with Crippen molar-refractivity contribution in [3.8, 4) is 0 Å². The fraction of sp³-hybridized carbons (Fsp3) is 0.400. The van der Waals surface area contributed by atoms with Crippen LogP contribution in [0.15, 0.2) is 36.7 Å². The second-order valence-corrected chi connectivity index (χ2v) is 7.60. The molecule has 0 N–H and O–H groups in total. The molecular formula is C20H18F6N4O2. The van der Waals surface area contributed by atoms with Gasteiger partial charge >= 0.3 is 18.4 Å². The number of carbonyl (C=O) groups is 2. The average Bonchev–Trinajstić information content (AvgIpc) is 3.03. The van der Waals surface area contributed by atoms with Crippen molar-refractivity contribution in [2.75, 3.05) is 18.0 Å². The molecule has 0 aliphatic carbocycles. The molecule has 6 nitrogen and oxygen atoms in total. The minimum Gasteiger partial charge on any atom is -0.312 e. The monoisotopic (exact) mass is 460 g/mol. The Kier molecular flexibility index (Phi) is 6.16. The van der Waals surface area contributed by atoms with Crippen molar-refractivity contribution in [3.05, 3.63) is 53.6 Å². The molecule has 2 amide bonds. The number of amides is 2. The molecule has 1 aliphatic heterocycles. The predicted molar refractivity (Wildman–Crippen MR) is 101 cm³/mol. The summed E-state index contributed by atoms with van der Waals surface area (Å²) in [5.41, 5.74) is -1.17. The van der Waals surface area contributed by atoms with Gasteiger partial charge in [0.15, 0.2) is 5.78 Å². The van der Waals surface area contributed by atoms with Gasteiger partial charge in [-0.05, 0) is 18.1 Å². The molecule has 1 aromatic carbocycles. The smallest absolute Gasteiger partial charge is 0.312 e. The molecule has 2 aromatic rings. The summed E-state index contributed by atoms with van der Waals surface area (Å²) in [5.74, 6) is -2.20. The van der Waals surface area contributed by atoms with E-state index in [9.17, 15) is 35.9 Å². The lowest BCUT2D eigenvalue weighted by Crippen LogP contribution is -2.41. The molecule has 32 heavy (non-hydrogen) atoms. The topological polar surface area (TPSA) is 66.4 Å².